The van der Waals surface area contributed by atoms with Crippen molar-refractivity contribution in [3.63, 3.8) is 0 Å². The highest BCUT2D eigenvalue weighted by atomic mass is 16.2. The molecule has 0 saturated heterocycles. The molecular formula is C11H19N5O2. The SMILES string of the molecule is CC(=O)C(C)(C)NC(=O)[C@H](Cc1cnc[nH]1)NN. The Morgan fingerprint density at radius 2 is 2.22 bits per heavy atom. The number of aromatic nitrogens is 2. The number of hydrazine groups is 1. The molecule has 1 heterocycles. The van der Waals surface area contributed by atoms with Gasteiger partial charge in [0.1, 0.15) is 6.04 Å². The molecule has 7 heteroatoms. The van der Waals surface area contributed by atoms with Crippen molar-refractivity contribution in [2.45, 2.75) is 38.8 Å². The quantitative estimate of drug-likeness (QED) is 0.394. The lowest BCUT2D eigenvalue weighted by molar-refractivity contribution is -0.131. The third-order valence-corrected chi connectivity index (χ3v) is 2.81. The van der Waals surface area contributed by atoms with Crippen LogP contribution in [0.2, 0.25) is 0 Å². The fourth-order valence-electron chi connectivity index (χ4n) is 1.33. The van der Waals surface area contributed by atoms with Gasteiger partial charge in [-0.05, 0) is 20.8 Å². The van der Waals surface area contributed by atoms with Crippen molar-refractivity contribution in [1.29, 1.82) is 0 Å². The average Bonchev–Trinajstić information content (AvgIpc) is 2.77. The van der Waals surface area contributed by atoms with Crippen LogP contribution in [0.3, 0.4) is 0 Å². The van der Waals surface area contributed by atoms with E-state index in [1.54, 1.807) is 20.0 Å². The van der Waals surface area contributed by atoms with Crippen LogP contribution in [-0.2, 0) is 16.0 Å². The minimum Gasteiger partial charge on any atom is -0.348 e. The van der Waals surface area contributed by atoms with Crippen molar-refractivity contribution in [2.24, 2.45) is 5.84 Å². The van der Waals surface area contributed by atoms with Gasteiger partial charge in [0.2, 0.25) is 5.91 Å². The summed E-state index contributed by atoms with van der Waals surface area (Å²) in [5, 5.41) is 2.65. The largest absolute Gasteiger partial charge is 0.348 e. The Morgan fingerprint density at radius 1 is 1.56 bits per heavy atom. The smallest absolute Gasteiger partial charge is 0.239 e. The summed E-state index contributed by atoms with van der Waals surface area (Å²) in [5.74, 6) is 4.91. The van der Waals surface area contributed by atoms with Gasteiger partial charge in [-0.15, -0.1) is 0 Å². The Balaban J connectivity index is 2.66. The Labute approximate surface area is 106 Å². The van der Waals surface area contributed by atoms with Crippen molar-refractivity contribution in [1.82, 2.24) is 20.7 Å². The van der Waals surface area contributed by atoms with E-state index in [1.807, 2.05) is 0 Å². The molecule has 0 saturated carbocycles. The van der Waals surface area contributed by atoms with Crippen LogP contribution in [0.5, 0.6) is 0 Å². The summed E-state index contributed by atoms with van der Waals surface area (Å²) in [6.45, 7) is 4.73. The molecule has 1 aromatic rings. The molecule has 100 valence electrons. The van der Waals surface area contributed by atoms with Crippen LogP contribution >= 0.6 is 0 Å². The fourth-order valence-corrected chi connectivity index (χ4v) is 1.33. The molecule has 0 spiro atoms. The van der Waals surface area contributed by atoms with Gasteiger partial charge in [0, 0.05) is 18.3 Å². The standard InChI is InChI=1S/C11H19N5O2/c1-7(17)11(2,3)15-10(18)9(16-12)4-8-5-13-6-14-8/h5-6,9,16H,4,12H2,1-3H3,(H,13,14)(H,15,18)/t9-/m0/s1. The van der Waals surface area contributed by atoms with Gasteiger partial charge in [-0.3, -0.25) is 15.4 Å². The molecule has 18 heavy (non-hydrogen) atoms. The van der Waals surface area contributed by atoms with E-state index < -0.39 is 11.6 Å². The summed E-state index contributed by atoms with van der Waals surface area (Å²) in [7, 11) is 0. The molecule has 0 aromatic carbocycles. The lowest BCUT2D eigenvalue weighted by atomic mass is 9.99. The summed E-state index contributed by atoms with van der Waals surface area (Å²) in [4.78, 5) is 30.1. The molecule has 0 aliphatic heterocycles. The minimum atomic E-state index is -0.903. The fraction of sp³-hybridized carbons (Fsp3) is 0.545. The van der Waals surface area contributed by atoms with Crippen LogP contribution in [0.25, 0.3) is 0 Å². The highest BCUT2D eigenvalue weighted by Gasteiger charge is 2.29. The minimum absolute atomic E-state index is 0.117. The average molecular weight is 253 g/mol. The van der Waals surface area contributed by atoms with Crippen molar-refractivity contribution >= 4 is 11.7 Å². The van der Waals surface area contributed by atoms with Gasteiger partial charge in [-0.2, -0.15) is 0 Å². The zero-order chi connectivity index (χ0) is 13.8. The number of imidazole rings is 1. The number of nitrogens with two attached hydrogens (primary N) is 1. The molecule has 0 radical (unpaired) electrons. The third kappa shape index (κ3) is 3.64. The van der Waals surface area contributed by atoms with E-state index in [0.29, 0.717) is 6.42 Å². The number of nitrogens with zero attached hydrogens (tertiary/aromatic N) is 1. The third-order valence-electron chi connectivity index (χ3n) is 2.81. The number of H-pyrrole nitrogens is 1. The molecular weight excluding hydrogens is 234 g/mol. The molecule has 0 unspecified atom stereocenters. The van der Waals surface area contributed by atoms with E-state index >= 15 is 0 Å². The van der Waals surface area contributed by atoms with Crippen LogP contribution in [0.15, 0.2) is 12.5 Å². The molecule has 1 amide bonds. The predicted molar refractivity (Wildman–Crippen MR) is 66.3 cm³/mol. The molecule has 0 aliphatic rings. The molecule has 0 aliphatic carbocycles. The number of Topliss-reactive ketones (excluding diaryl/α,β-unsaturated/α-hetero) is 1. The van der Waals surface area contributed by atoms with Crippen LogP contribution in [0.1, 0.15) is 26.5 Å². The Hall–Kier alpha value is -1.73. The van der Waals surface area contributed by atoms with Gasteiger partial charge in [-0.1, -0.05) is 0 Å². The van der Waals surface area contributed by atoms with E-state index in [9.17, 15) is 9.59 Å². The summed E-state index contributed by atoms with van der Waals surface area (Å²) < 4.78 is 0. The number of aromatic amines is 1. The molecule has 5 N–H and O–H groups in total. The first-order chi connectivity index (χ1) is 8.36. The predicted octanol–water partition coefficient (Wildman–Crippen LogP) is -0.732. The molecule has 1 aromatic heterocycles. The lowest BCUT2D eigenvalue weighted by Crippen LogP contribution is -2.56. The lowest BCUT2D eigenvalue weighted by Gasteiger charge is -2.25. The number of hydrogen-bond acceptors (Lipinski definition) is 5. The van der Waals surface area contributed by atoms with E-state index in [4.69, 9.17) is 5.84 Å². The van der Waals surface area contributed by atoms with Crippen LogP contribution in [0.4, 0.5) is 0 Å². The molecule has 1 rings (SSSR count). The molecule has 0 bridgehead atoms. The zero-order valence-electron chi connectivity index (χ0n) is 10.8. The Bertz CT molecular complexity index is 413. The first-order valence-electron chi connectivity index (χ1n) is 5.63. The maximum atomic E-state index is 12.0. The van der Waals surface area contributed by atoms with Gasteiger partial charge in [0.05, 0.1) is 11.9 Å². The number of ketones is 1. The Kier molecular flexibility index (Phi) is 4.57. The normalized spacial score (nSPS) is 13.1. The van der Waals surface area contributed by atoms with Crippen molar-refractivity contribution in [3.05, 3.63) is 18.2 Å². The first kappa shape index (κ1) is 14.3. The maximum Gasteiger partial charge on any atom is 0.239 e. The van der Waals surface area contributed by atoms with E-state index in [2.05, 4.69) is 20.7 Å². The second-order valence-electron chi connectivity index (χ2n) is 4.67. The van der Waals surface area contributed by atoms with E-state index in [0.717, 1.165) is 5.69 Å². The van der Waals surface area contributed by atoms with Crippen molar-refractivity contribution in [2.75, 3.05) is 0 Å². The second-order valence-corrected chi connectivity index (χ2v) is 4.67. The van der Waals surface area contributed by atoms with Gasteiger partial charge < -0.3 is 10.3 Å². The van der Waals surface area contributed by atoms with Gasteiger partial charge >= 0.3 is 0 Å². The van der Waals surface area contributed by atoms with Gasteiger partial charge in [0.15, 0.2) is 5.78 Å². The molecule has 0 fully saturated rings. The number of rotatable bonds is 6. The molecule has 1 atom stereocenters. The number of hydrogen-bond donors (Lipinski definition) is 4. The van der Waals surface area contributed by atoms with Crippen molar-refractivity contribution < 1.29 is 9.59 Å². The van der Waals surface area contributed by atoms with E-state index in [1.165, 1.54) is 13.3 Å². The Morgan fingerprint density at radius 3 is 2.67 bits per heavy atom. The zero-order valence-corrected chi connectivity index (χ0v) is 10.8. The van der Waals surface area contributed by atoms with Crippen LogP contribution < -0.4 is 16.6 Å². The van der Waals surface area contributed by atoms with Crippen LogP contribution in [-0.4, -0.2) is 33.2 Å². The monoisotopic (exact) mass is 253 g/mol. The summed E-state index contributed by atoms with van der Waals surface area (Å²) in [6, 6.07) is -0.621. The van der Waals surface area contributed by atoms with Gasteiger partial charge in [0.25, 0.3) is 0 Å². The number of nitrogens with one attached hydrogen (secondary N) is 3. The van der Waals surface area contributed by atoms with Crippen molar-refractivity contribution in [3.8, 4) is 0 Å². The second kappa shape index (κ2) is 5.74. The summed E-state index contributed by atoms with van der Waals surface area (Å²) in [6.07, 6.45) is 3.52. The van der Waals surface area contributed by atoms with Gasteiger partial charge in [-0.25, -0.2) is 10.4 Å². The topological polar surface area (TPSA) is 113 Å². The first-order valence-corrected chi connectivity index (χ1v) is 5.63. The highest BCUT2D eigenvalue weighted by Crippen LogP contribution is 2.05. The maximum absolute atomic E-state index is 12.0. The highest BCUT2D eigenvalue weighted by molar-refractivity contribution is 5.92. The summed E-state index contributed by atoms with van der Waals surface area (Å²) >= 11 is 0. The number of carbonyl (C=O) groups excluding carboxylic acids is 2. The van der Waals surface area contributed by atoms with Crippen LogP contribution in [0, 0.1) is 0 Å². The number of amides is 1. The number of carbonyl (C=O) groups is 2. The molecule has 7 nitrogen and oxygen atoms in total. The van der Waals surface area contributed by atoms with E-state index in [-0.39, 0.29) is 11.7 Å². The summed E-state index contributed by atoms with van der Waals surface area (Å²) in [5.41, 5.74) is 2.31.